The Kier molecular flexibility index (Phi) is 9.86. The SMILES string of the molecule is Cc1ccc(CN(C(=O)CN(c2ccc(C)cc2)S(=O)(=O)c2ccc(C)cc2)C(C)C(=O)NC2CCCCC2)cc1. The van der Waals surface area contributed by atoms with Crippen molar-refractivity contribution in [2.75, 3.05) is 10.8 Å². The largest absolute Gasteiger partial charge is 0.352 e. The zero-order valence-electron chi connectivity index (χ0n) is 24.5. The highest BCUT2D eigenvalue weighted by molar-refractivity contribution is 7.92. The van der Waals surface area contributed by atoms with Crippen LogP contribution in [0.4, 0.5) is 5.69 Å². The molecule has 4 rings (SSSR count). The van der Waals surface area contributed by atoms with Crippen LogP contribution in [0.3, 0.4) is 0 Å². The highest BCUT2D eigenvalue weighted by atomic mass is 32.2. The summed E-state index contributed by atoms with van der Waals surface area (Å²) in [7, 11) is -4.07. The first kappa shape index (κ1) is 30.3. The minimum absolute atomic E-state index is 0.0981. The van der Waals surface area contributed by atoms with Crippen molar-refractivity contribution >= 4 is 27.5 Å². The van der Waals surface area contributed by atoms with Crippen LogP contribution < -0.4 is 9.62 Å². The number of nitrogens with one attached hydrogen (secondary N) is 1. The van der Waals surface area contributed by atoms with E-state index in [1.54, 1.807) is 43.3 Å². The van der Waals surface area contributed by atoms with Gasteiger partial charge in [-0.05, 0) is 70.4 Å². The van der Waals surface area contributed by atoms with E-state index in [-0.39, 0.29) is 23.4 Å². The maximum Gasteiger partial charge on any atom is 0.264 e. The Balaban J connectivity index is 1.66. The van der Waals surface area contributed by atoms with Gasteiger partial charge in [0.1, 0.15) is 12.6 Å². The molecule has 218 valence electrons. The number of amides is 2. The van der Waals surface area contributed by atoms with Crippen molar-refractivity contribution in [3.05, 3.63) is 95.1 Å². The lowest BCUT2D eigenvalue weighted by molar-refractivity contribution is -0.139. The van der Waals surface area contributed by atoms with E-state index in [0.29, 0.717) is 5.69 Å². The Morgan fingerprint density at radius 1 is 0.805 bits per heavy atom. The molecule has 0 aliphatic heterocycles. The predicted molar refractivity (Wildman–Crippen MR) is 163 cm³/mol. The maximum atomic E-state index is 14.1. The quantitative estimate of drug-likeness (QED) is 0.337. The highest BCUT2D eigenvalue weighted by Gasteiger charge is 2.33. The number of hydrogen-bond acceptors (Lipinski definition) is 4. The first-order valence-corrected chi connectivity index (χ1v) is 15.8. The van der Waals surface area contributed by atoms with E-state index in [2.05, 4.69) is 5.32 Å². The molecule has 0 radical (unpaired) electrons. The lowest BCUT2D eigenvalue weighted by Gasteiger charge is -2.33. The normalized spacial score (nSPS) is 14.7. The summed E-state index contributed by atoms with van der Waals surface area (Å²) in [6, 6.07) is 20.8. The van der Waals surface area contributed by atoms with Gasteiger partial charge >= 0.3 is 0 Å². The second-order valence-electron chi connectivity index (χ2n) is 11.2. The Hall–Kier alpha value is -3.65. The molecule has 0 spiro atoms. The molecule has 3 aromatic carbocycles. The highest BCUT2D eigenvalue weighted by Crippen LogP contribution is 2.25. The van der Waals surface area contributed by atoms with Crippen molar-refractivity contribution in [3.8, 4) is 0 Å². The van der Waals surface area contributed by atoms with Crippen LogP contribution in [0.5, 0.6) is 0 Å². The molecule has 41 heavy (non-hydrogen) atoms. The first-order valence-electron chi connectivity index (χ1n) is 14.4. The Morgan fingerprint density at radius 2 is 1.32 bits per heavy atom. The zero-order valence-corrected chi connectivity index (χ0v) is 25.3. The number of anilines is 1. The molecule has 1 fully saturated rings. The molecule has 2 amide bonds. The van der Waals surface area contributed by atoms with Crippen LogP contribution in [0.25, 0.3) is 0 Å². The molecule has 1 saturated carbocycles. The summed E-state index contributed by atoms with van der Waals surface area (Å²) in [5, 5.41) is 3.14. The number of carbonyl (C=O) groups is 2. The van der Waals surface area contributed by atoms with Crippen LogP contribution in [0.1, 0.15) is 61.3 Å². The van der Waals surface area contributed by atoms with E-state index in [9.17, 15) is 18.0 Å². The summed E-state index contributed by atoms with van der Waals surface area (Å²) in [5.74, 6) is -0.672. The van der Waals surface area contributed by atoms with Crippen LogP contribution in [0, 0.1) is 20.8 Å². The molecule has 7 nitrogen and oxygen atoms in total. The van der Waals surface area contributed by atoms with Gasteiger partial charge in [0.25, 0.3) is 10.0 Å². The van der Waals surface area contributed by atoms with Gasteiger partial charge < -0.3 is 10.2 Å². The number of rotatable bonds is 10. The molecular formula is C33H41N3O4S. The monoisotopic (exact) mass is 575 g/mol. The lowest BCUT2D eigenvalue weighted by Crippen LogP contribution is -2.53. The summed E-state index contributed by atoms with van der Waals surface area (Å²) in [6.45, 7) is 7.26. The summed E-state index contributed by atoms with van der Waals surface area (Å²) in [5.41, 5.74) is 4.25. The molecule has 3 aromatic rings. The van der Waals surface area contributed by atoms with Gasteiger partial charge in [-0.15, -0.1) is 0 Å². The van der Waals surface area contributed by atoms with E-state index < -0.39 is 28.5 Å². The molecule has 1 N–H and O–H groups in total. The number of aryl methyl sites for hydroxylation is 3. The predicted octanol–water partition coefficient (Wildman–Crippen LogP) is 5.67. The number of nitrogens with zero attached hydrogens (tertiary/aromatic N) is 2. The van der Waals surface area contributed by atoms with Crippen molar-refractivity contribution in [1.29, 1.82) is 0 Å². The van der Waals surface area contributed by atoms with Crippen LogP contribution in [0.15, 0.2) is 77.7 Å². The van der Waals surface area contributed by atoms with Gasteiger partial charge in [0.2, 0.25) is 11.8 Å². The topological polar surface area (TPSA) is 86.8 Å². The number of benzene rings is 3. The van der Waals surface area contributed by atoms with Gasteiger partial charge in [0.05, 0.1) is 10.6 Å². The van der Waals surface area contributed by atoms with E-state index in [1.807, 2.05) is 57.2 Å². The molecule has 1 atom stereocenters. The van der Waals surface area contributed by atoms with Gasteiger partial charge in [-0.25, -0.2) is 8.42 Å². The van der Waals surface area contributed by atoms with Crippen molar-refractivity contribution in [2.45, 2.75) is 83.3 Å². The third kappa shape index (κ3) is 7.76. The standard InChI is InChI=1S/C33H41N3O4S/c1-24-10-16-28(17-11-24)22-35(27(4)33(38)34-29-8-6-5-7-9-29)32(37)23-36(30-18-12-25(2)13-19-30)41(39,40)31-20-14-26(3)15-21-31/h10-21,27,29H,5-9,22-23H2,1-4H3,(H,34,38). The molecule has 0 aromatic heterocycles. The number of hydrogen-bond donors (Lipinski definition) is 1. The Bertz CT molecular complexity index is 1430. The molecule has 0 saturated heterocycles. The lowest BCUT2D eigenvalue weighted by atomic mass is 9.95. The van der Waals surface area contributed by atoms with E-state index in [0.717, 1.165) is 52.2 Å². The zero-order chi connectivity index (χ0) is 29.6. The second kappa shape index (κ2) is 13.3. The Labute approximate surface area is 244 Å². The third-order valence-corrected chi connectivity index (χ3v) is 9.59. The molecule has 8 heteroatoms. The van der Waals surface area contributed by atoms with Crippen molar-refractivity contribution in [3.63, 3.8) is 0 Å². The van der Waals surface area contributed by atoms with Crippen LogP contribution in [0.2, 0.25) is 0 Å². The Morgan fingerprint density at radius 3 is 1.88 bits per heavy atom. The maximum absolute atomic E-state index is 14.1. The summed E-state index contributed by atoms with van der Waals surface area (Å²) in [4.78, 5) is 29.1. The molecule has 0 heterocycles. The van der Waals surface area contributed by atoms with Crippen LogP contribution in [-0.2, 0) is 26.2 Å². The van der Waals surface area contributed by atoms with Crippen molar-refractivity contribution in [1.82, 2.24) is 10.2 Å². The second-order valence-corrected chi connectivity index (χ2v) is 13.0. The molecule has 1 aliphatic rings. The number of sulfonamides is 1. The van der Waals surface area contributed by atoms with E-state index in [4.69, 9.17) is 0 Å². The average molecular weight is 576 g/mol. The smallest absolute Gasteiger partial charge is 0.264 e. The van der Waals surface area contributed by atoms with Crippen molar-refractivity contribution in [2.24, 2.45) is 0 Å². The van der Waals surface area contributed by atoms with Gasteiger partial charge in [-0.3, -0.25) is 13.9 Å². The summed E-state index contributed by atoms with van der Waals surface area (Å²) < 4.78 is 29.0. The minimum atomic E-state index is -4.07. The van der Waals surface area contributed by atoms with Gasteiger partial charge in [0.15, 0.2) is 0 Å². The van der Waals surface area contributed by atoms with E-state index in [1.165, 1.54) is 11.3 Å². The molecule has 0 bridgehead atoms. The van der Waals surface area contributed by atoms with Gasteiger partial charge in [0, 0.05) is 12.6 Å². The van der Waals surface area contributed by atoms with Crippen LogP contribution >= 0.6 is 0 Å². The fourth-order valence-electron chi connectivity index (χ4n) is 5.12. The molecule has 1 unspecified atom stereocenters. The van der Waals surface area contributed by atoms with E-state index >= 15 is 0 Å². The molecule has 1 aliphatic carbocycles. The van der Waals surface area contributed by atoms with Crippen molar-refractivity contribution < 1.29 is 18.0 Å². The number of carbonyl (C=O) groups excluding carboxylic acids is 2. The van der Waals surface area contributed by atoms with Gasteiger partial charge in [-0.1, -0.05) is 84.5 Å². The van der Waals surface area contributed by atoms with Gasteiger partial charge in [-0.2, -0.15) is 0 Å². The fourth-order valence-corrected chi connectivity index (χ4v) is 6.53. The minimum Gasteiger partial charge on any atom is -0.352 e. The van der Waals surface area contributed by atoms with Crippen LogP contribution in [-0.4, -0.2) is 43.8 Å². The first-order chi connectivity index (χ1) is 19.5. The summed E-state index contributed by atoms with van der Waals surface area (Å²) in [6.07, 6.45) is 5.19. The fraction of sp³-hybridized carbons (Fsp3) is 0.394. The average Bonchev–Trinajstić information content (AvgIpc) is 2.96. The summed E-state index contributed by atoms with van der Waals surface area (Å²) >= 11 is 0. The third-order valence-electron chi connectivity index (χ3n) is 7.80. The molecular weight excluding hydrogens is 534 g/mol.